The van der Waals surface area contributed by atoms with Crippen molar-refractivity contribution in [2.75, 3.05) is 7.11 Å². The van der Waals surface area contributed by atoms with Crippen molar-refractivity contribution in [2.24, 2.45) is 0 Å². The fraction of sp³-hybridized carbons (Fsp3) is 0.0833. The summed E-state index contributed by atoms with van der Waals surface area (Å²) in [4.78, 5) is 11.9. The Morgan fingerprint density at radius 3 is 2.71 bits per heavy atom. The van der Waals surface area contributed by atoms with Crippen molar-refractivity contribution >= 4 is 21.7 Å². The molecule has 0 bridgehead atoms. The fourth-order valence-corrected chi connectivity index (χ4v) is 1.78. The Morgan fingerprint density at radius 2 is 2.18 bits per heavy atom. The molecule has 2 aromatic rings. The summed E-state index contributed by atoms with van der Waals surface area (Å²) in [6.45, 7) is 0. The summed E-state index contributed by atoms with van der Waals surface area (Å²) in [6.07, 6.45) is 1.39. The van der Waals surface area contributed by atoms with Crippen molar-refractivity contribution in [2.45, 2.75) is 0 Å². The van der Waals surface area contributed by atoms with Gasteiger partial charge in [-0.2, -0.15) is 0 Å². The van der Waals surface area contributed by atoms with E-state index < -0.39 is 5.82 Å². The molecular weight excluding hydrogens is 291 g/mol. The van der Waals surface area contributed by atoms with E-state index in [4.69, 9.17) is 9.15 Å². The minimum absolute atomic E-state index is 0.0973. The molecule has 0 aliphatic heterocycles. The third-order valence-electron chi connectivity index (χ3n) is 2.24. The van der Waals surface area contributed by atoms with Crippen LogP contribution >= 0.6 is 15.9 Å². The Hall–Kier alpha value is -1.62. The van der Waals surface area contributed by atoms with E-state index in [1.165, 1.54) is 25.5 Å². The van der Waals surface area contributed by atoms with Gasteiger partial charge in [-0.05, 0) is 40.2 Å². The first-order valence-corrected chi connectivity index (χ1v) is 5.54. The molecule has 1 aromatic carbocycles. The van der Waals surface area contributed by atoms with Crippen LogP contribution in [0.1, 0.15) is 16.1 Å². The van der Waals surface area contributed by atoms with E-state index in [2.05, 4.69) is 15.9 Å². The Balaban J connectivity index is 2.39. The van der Waals surface area contributed by atoms with Crippen molar-refractivity contribution in [1.82, 2.24) is 0 Å². The van der Waals surface area contributed by atoms with E-state index >= 15 is 0 Å². The van der Waals surface area contributed by atoms with E-state index in [0.717, 1.165) is 6.07 Å². The molecule has 0 aliphatic carbocycles. The van der Waals surface area contributed by atoms with Gasteiger partial charge in [0.1, 0.15) is 0 Å². The number of methoxy groups -OCH3 is 1. The van der Waals surface area contributed by atoms with Gasteiger partial charge < -0.3 is 9.15 Å². The van der Waals surface area contributed by atoms with Gasteiger partial charge in [-0.1, -0.05) is 0 Å². The van der Waals surface area contributed by atoms with Crippen LogP contribution in [0.4, 0.5) is 4.39 Å². The van der Waals surface area contributed by atoms with Crippen LogP contribution in [0.15, 0.2) is 39.4 Å². The molecule has 0 spiro atoms. The summed E-state index contributed by atoms with van der Waals surface area (Å²) in [7, 11) is 1.36. The third-order valence-corrected chi connectivity index (χ3v) is 2.86. The summed E-state index contributed by atoms with van der Waals surface area (Å²) < 4.78 is 23.8. The van der Waals surface area contributed by atoms with Crippen LogP contribution in [0.5, 0.6) is 5.75 Å². The summed E-state index contributed by atoms with van der Waals surface area (Å²) in [5.74, 6) is -0.723. The number of carbonyl (C=O) groups is 1. The SMILES string of the molecule is COc1ccc(C(=O)c2occc2Br)cc1F. The summed E-state index contributed by atoms with van der Waals surface area (Å²) in [5.41, 5.74) is 0.207. The number of hydrogen-bond acceptors (Lipinski definition) is 3. The number of ether oxygens (including phenoxy) is 1. The maximum absolute atomic E-state index is 13.4. The molecule has 0 saturated heterocycles. The quantitative estimate of drug-likeness (QED) is 0.815. The Kier molecular flexibility index (Phi) is 3.28. The van der Waals surface area contributed by atoms with Crippen molar-refractivity contribution in [3.63, 3.8) is 0 Å². The van der Waals surface area contributed by atoms with E-state index in [9.17, 15) is 9.18 Å². The van der Waals surface area contributed by atoms with Gasteiger partial charge in [0.2, 0.25) is 5.78 Å². The maximum atomic E-state index is 13.4. The van der Waals surface area contributed by atoms with Gasteiger partial charge in [-0.25, -0.2) is 4.39 Å². The molecule has 0 unspecified atom stereocenters. The second kappa shape index (κ2) is 4.71. The minimum atomic E-state index is -0.582. The molecule has 2 rings (SSSR count). The lowest BCUT2D eigenvalue weighted by Gasteiger charge is -2.03. The van der Waals surface area contributed by atoms with Gasteiger partial charge in [-0.15, -0.1) is 0 Å². The van der Waals surface area contributed by atoms with Crippen LogP contribution in [-0.4, -0.2) is 12.9 Å². The average Bonchev–Trinajstić information content (AvgIpc) is 2.74. The van der Waals surface area contributed by atoms with E-state index in [-0.39, 0.29) is 22.9 Å². The van der Waals surface area contributed by atoms with Gasteiger partial charge in [0.25, 0.3) is 0 Å². The Labute approximate surface area is 105 Å². The molecule has 0 saturated carbocycles. The first-order valence-electron chi connectivity index (χ1n) is 4.74. The van der Waals surface area contributed by atoms with Crippen molar-refractivity contribution < 1.29 is 18.3 Å². The molecule has 0 atom stereocenters. The number of furan rings is 1. The molecule has 3 nitrogen and oxygen atoms in total. The molecule has 17 heavy (non-hydrogen) atoms. The number of carbonyl (C=O) groups excluding carboxylic acids is 1. The third kappa shape index (κ3) is 2.24. The molecule has 0 radical (unpaired) electrons. The molecule has 0 fully saturated rings. The predicted octanol–water partition coefficient (Wildman–Crippen LogP) is 3.42. The van der Waals surface area contributed by atoms with Crippen LogP contribution in [0, 0.1) is 5.82 Å². The van der Waals surface area contributed by atoms with Gasteiger partial charge in [-0.3, -0.25) is 4.79 Å². The van der Waals surface area contributed by atoms with Gasteiger partial charge in [0.05, 0.1) is 17.8 Å². The Bertz CT molecular complexity index is 563. The highest BCUT2D eigenvalue weighted by Gasteiger charge is 2.17. The van der Waals surface area contributed by atoms with Gasteiger partial charge in [0, 0.05) is 5.56 Å². The normalized spacial score (nSPS) is 10.3. The van der Waals surface area contributed by atoms with Crippen LogP contribution in [-0.2, 0) is 0 Å². The Morgan fingerprint density at radius 1 is 1.41 bits per heavy atom. The van der Waals surface area contributed by atoms with Crippen molar-refractivity contribution in [3.8, 4) is 5.75 Å². The number of benzene rings is 1. The zero-order chi connectivity index (χ0) is 12.4. The van der Waals surface area contributed by atoms with Crippen LogP contribution in [0.3, 0.4) is 0 Å². The standard InChI is InChI=1S/C12H8BrFO3/c1-16-10-3-2-7(6-9(10)14)11(15)12-8(13)4-5-17-12/h2-6H,1H3. The molecule has 0 amide bonds. The minimum Gasteiger partial charge on any atom is -0.494 e. The van der Waals surface area contributed by atoms with Gasteiger partial charge in [0.15, 0.2) is 17.3 Å². The number of hydrogen-bond donors (Lipinski definition) is 0. The van der Waals surface area contributed by atoms with E-state index in [0.29, 0.717) is 4.47 Å². The smallest absolute Gasteiger partial charge is 0.229 e. The largest absolute Gasteiger partial charge is 0.494 e. The topological polar surface area (TPSA) is 39.4 Å². The summed E-state index contributed by atoms with van der Waals surface area (Å²) in [5, 5.41) is 0. The molecule has 1 heterocycles. The lowest BCUT2D eigenvalue weighted by atomic mass is 10.1. The molecule has 88 valence electrons. The molecule has 0 aliphatic rings. The summed E-state index contributed by atoms with van der Waals surface area (Å²) >= 11 is 3.18. The molecule has 1 aromatic heterocycles. The fourth-order valence-electron chi connectivity index (χ4n) is 1.39. The van der Waals surface area contributed by atoms with Gasteiger partial charge >= 0.3 is 0 Å². The average molecular weight is 299 g/mol. The molecule has 0 N–H and O–H groups in total. The number of rotatable bonds is 3. The monoisotopic (exact) mass is 298 g/mol. The zero-order valence-corrected chi connectivity index (χ0v) is 10.5. The highest BCUT2D eigenvalue weighted by Crippen LogP contribution is 2.23. The number of ketones is 1. The predicted molar refractivity (Wildman–Crippen MR) is 62.8 cm³/mol. The van der Waals surface area contributed by atoms with Crippen LogP contribution in [0.2, 0.25) is 0 Å². The lowest BCUT2D eigenvalue weighted by Crippen LogP contribution is -2.01. The van der Waals surface area contributed by atoms with Crippen molar-refractivity contribution in [3.05, 3.63) is 52.1 Å². The highest BCUT2D eigenvalue weighted by molar-refractivity contribution is 9.10. The maximum Gasteiger partial charge on any atom is 0.229 e. The lowest BCUT2D eigenvalue weighted by molar-refractivity contribution is 0.101. The van der Waals surface area contributed by atoms with Crippen LogP contribution < -0.4 is 4.74 Å². The second-order valence-corrected chi connectivity index (χ2v) is 4.13. The number of halogens is 2. The highest BCUT2D eigenvalue weighted by atomic mass is 79.9. The van der Waals surface area contributed by atoms with E-state index in [1.807, 2.05) is 0 Å². The zero-order valence-electron chi connectivity index (χ0n) is 8.87. The molecular formula is C12H8BrFO3. The van der Waals surface area contributed by atoms with E-state index in [1.54, 1.807) is 6.07 Å². The first-order chi connectivity index (χ1) is 8.13. The summed E-state index contributed by atoms with van der Waals surface area (Å²) in [6, 6.07) is 5.61. The first kappa shape index (κ1) is 11.9. The van der Waals surface area contributed by atoms with Crippen LogP contribution in [0.25, 0.3) is 0 Å². The second-order valence-electron chi connectivity index (χ2n) is 3.28. The van der Waals surface area contributed by atoms with Crippen molar-refractivity contribution in [1.29, 1.82) is 0 Å². The molecule has 5 heteroatoms.